The van der Waals surface area contributed by atoms with Crippen molar-refractivity contribution in [2.24, 2.45) is 0 Å². The Hall–Kier alpha value is -2.75. The van der Waals surface area contributed by atoms with Crippen LogP contribution in [-0.4, -0.2) is 74.6 Å². The molecule has 1 aromatic heterocycles. The van der Waals surface area contributed by atoms with E-state index < -0.39 is 5.72 Å². The molecule has 0 radical (unpaired) electrons. The third-order valence-corrected chi connectivity index (χ3v) is 5.97. The van der Waals surface area contributed by atoms with Gasteiger partial charge in [-0.1, -0.05) is 0 Å². The number of carbonyl (C=O) groups excluding carboxylic acids is 2. The molecule has 2 N–H and O–H groups in total. The molecule has 0 unspecified atom stereocenters. The van der Waals surface area contributed by atoms with Gasteiger partial charge in [0.05, 0.1) is 19.1 Å². The van der Waals surface area contributed by atoms with Crippen LogP contribution < -0.4 is 5.69 Å². The molecule has 10 nitrogen and oxygen atoms in total. The first-order valence-corrected chi connectivity index (χ1v) is 9.72. The van der Waals surface area contributed by atoms with Crippen molar-refractivity contribution in [2.75, 3.05) is 19.7 Å². The maximum atomic E-state index is 12.9. The van der Waals surface area contributed by atoms with Crippen LogP contribution >= 0.6 is 0 Å². The van der Waals surface area contributed by atoms with Crippen molar-refractivity contribution >= 4 is 18.3 Å². The van der Waals surface area contributed by atoms with E-state index in [1.165, 1.54) is 0 Å². The Balaban J connectivity index is 0.000000755. The number of hydrogen-bond acceptors (Lipinski definition) is 6. The van der Waals surface area contributed by atoms with Crippen LogP contribution in [0.15, 0.2) is 4.79 Å². The highest BCUT2D eigenvalue weighted by Gasteiger charge is 2.61. The van der Waals surface area contributed by atoms with Crippen molar-refractivity contribution in [3.05, 3.63) is 27.4 Å². The van der Waals surface area contributed by atoms with E-state index in [4.69, 9.17) is 14.6 Å². The number of nitrogens with one attached hydrogen (secondary N) is 1. The summed E-state index contributed by atoms with van der Waals surface area (Å²) < 4.78 is 6.04. The number of H-pyrrole nitrogens is 1. The maximum Gasteiger partial charge on any atom is 0.345 e. The minimum atomic E-state index is -0.601. The third-order valence-electron chi connectivity index (χ3n) is 5.97. The van der Waals surface area contributed by atoms with Gasteiger partial charge in [-0.25, -0.2) is 4.79 Å². The van der Waals surface area contributed by atoms with Gasteiger partial charge in [0.15, 0.2) is 5.72 Å². The van der Waals surface area contributed by atoms with Gasteiger partial charge in [0.1, 0.15) is 0 Å². The van der Waals surface area contributed by atoms with Gasteiger partial charge in [0.2, 0.25) is 11.8 Å². The molecule has 29 heavy (non-hydrogen) atoms. The lowest BCUT2D eigenvalue weighted by Crippen LogP contribution is -2.56. The lowest BCUT2D eigenvalue weighted by atomic mass is 10.0. The fourth-order valence-electron chi connectivity index (χ4n) is 4.75. The molecular weight excluding hydrogens is 380 g/mol. The van der Waals surface area contributed by atoms with Crippen LogP contribution in [0.2, 0.25) is 0 Å². The van der Waals surface area contributed by atoms with Gasteiger partial charge in [-0.2, -0.15) is 4.98 Å². The molecule has 4 heterocycles. The summed E-state index contributed by atoms with van der Waals surface area (Å²) in [5.41, 5.74) is 1.36. The van der Waals surface area contributed by atoms with E-state index in [0.717, 1.165) is 24.2 Å². The van der Waals surface area contributed by atoms with Gasteiger partial charge < -0.3 is 24.6 Å². The Morgan fingerprint density at radius 2 is 2.10 bits per heavy atom. The van der Waals surface area contributed by atoms with E-state index in [2.05, 4.69) is 9.97 Å². The molecule has 4 rings (SSSR count). The second-order valence-corrected chi connectivity index (χ2v) is 7.49. The van der Waals surface area contributed by atoms with Gasteiger partial charge in [-0.05, 0) is 32.3 Å². The van der Waals surface area contributed by atoms with Crippen LogP contribution in [0.5, 0.6) is 0 Å². The molecule has 0 bridgehead atoms. The standard InChI is InChI=1S/C18H24N4O4.CH2O2/c1-11-13(12(2)20-17(25)19-11)4-5-15(23)21-8-6-18-14(21)10-16(24)22(18)7-3-9-26-18;2-1-3/h14H,3-10H2,1-2H3,(H,19,20,25);1H,(H,2,3)/t14-,18+;/m1./s1. The van der Waals surface area contributed by atoms with E-state index in [9.17, 15) is 14.4 Å². The summed E-state index contributed by atoms with van der Waals surface area (Å²) in [6.07, 6.45) is 2.74. The molecule has 0 saturated carbocycles. The quantitative estimate of drug-likeness (QED) is 0.674. The van der Waals surface area contributed by atoms with Crippen LogP contribution in [0.3, 0.4) is 0 Å². The van der Waals surface area contributed by atoms with E-state index in [-0.39, 0.29) is 30.0 Å². The number of aryl methyl sites for hydroxylation is 2. The number of carboxylic acid groups (broad SMARTS) is 1. The molecule has 2 amide bonds. The van der Waals surface area contributed by atoms with E-state index in [1.54, 1.807) is 6.92 Å². The number of aromatic amines is 1. The second-order valence-electron chi connectivity index (χ2n) is 7.49. The van der Waals surface area contributed by atoms with Crippen LogP contribution in [0.1, 0.15) is 42.6 Å². The Bertz CT molecular complexity index is 842. The Morgan fingerprint density at radius 3 is 2.79 bits per heavy atom. The predicted molar refractivity (Wildman–Crippen MR) is 101 cm³/mol. The number of aromatic nitrogens is 2. The van der Waals surface area contributed by atoms with E-state index >= 15 is 0 Å². The summed E-state index contributed by atoms with van der Waals surface area (Å²) in [4.78, 5) is 55.3. The van der Waals surface area contributed by atoms with Crippen LogP contribution in [0.25, 0.3) is 0 Å². The van der Waals surface area contributed by atoms with Crippen LogP contribution in [0.4, 0.5) is 0 Å². The fraction of sp³-hybridized carbons (Fsp3) is 0.632. The number of amides is 2. The number of hydrogen-bond donors (Lipinski definition) is 2. The fourth-order valence-corrected chi connectivity index (χ4v) is 4.75. The van der Waals surface area contributed by atoms with Gasteiger partial charge in [0.25, 0.3) is 6.47 Å². The van der Waals surface area contributed by atoms with E-state index in [1.807, 2.05) is 16.7 Å². The van der Waals surface area contributed by atoms with Crippen molar-refractivity contribution in [1.82, 2.24) is 19.8 Å². The lowest BCUT2D eigenvalue weighted by Gasteiger charge is -2.42. The summed E-state index contributed by atoms with van der Waals surface area (Å²) in [6.45, 7) is 5.35. The highest BCUT2D eigenvalue weighted by atomic mass is 16.5. The molecule has 0 aromatic carbocycles. The number of nitrogens with zero attached hydrogens (tertiary/aromatic N) is 3. The largest absolute Gasteiger partial charge is 0.483 e. The Labute approximate surface area is 167 Å². The molecular formula is C19H26N4O6. The highest BCUT2D eigenvalue weighted by Crippen LogP contribution is 2.45. The minimum absolute atomic E-state index is 0.0284. The Morgan fingerprint density at radius 1 is 1.38 bits per heavy atom. The minimum Gasteiger partial charge on any atom is -0.483 e. The molecule has 0 aliphatic carbocycles. The van der Waals surface area contributed by atoms with Gasteiger partial charge in [-0.3, -0.25) is 14.4 Å². The summed E-state index contributed by atoms with van der Waals surface area (Å²) in [6, 6.07) is -0.182. The number of rotatable bonds is 3. The number of ether oxygens (including phenoxy) is 1. The summed E-state index contributed by atoms with van der Waals surface area (Å²) >= 11 is 0. The molecule has 158 valence electrons. The topological polar surface area (TPSA) is 133 Å². The third kappa shape index (κ3) is 3.76. The van der Waals surface area contributed by atoms with Crippen molar-refractivity contribution in [1.29, 1.82) is 0 Å². The molecule has 3 aliphatic heterocycles. The number of carbonyl (C=O) groups is 3. The normalized spacial score (nSPS) is 25.2. The summed E-state index contributed by atoms with van der Waals surface area (Å²) in [7, 11) is 0. The molecule has 3 saturated heterocycles. The molecule has 3 aliphatic rings. The molecule has 3 fully saturated rings. The van der Waals surface area contributed by atoms with Gasteiger partial charge in [0, 0.05) is 37.3 Å². The van der Waals surface area contributed by atoms with Gasteiger partial charge >= 0.3 is 5.69 Å². The first kappa shape index (κ1) is 21.0. The number of likely N-dealkylation sites (tertiary alicyclic amines) is 1. The lowest BCUT2D eigenvalue weighted by molar-refractivity contribution is -0.181. The summed E-state index contributed by atoms with van der Waals surface area (Å²) in [5, 5.41) is 6.89. The van der Waals surface area contributed by atoms with Crippen LogP contribution in [-0.2, 0) is 25.5 Å². The smallest absolute Gasteiger partial charge is 0.345 e. The van der Waals surface area contributed by atoms with Crippen molar-refractivity contribution < 1.29 is 24.2 Å². The average Bonchev–Trinajstić information content (AvgIpc) is 3.13. The van der Waals surface area contributed by atoms with Crippen molar-refractivity contribution in [3.63, 3.8) is 0 Å². The first-order valence-electron chi connectivity index (χ1n) is 9.72. The van der Waals surface area contributed by atoms with E-state index in [0.29, 0.717) is 44.5 Å². The SMILES string of the molecule is Cc1nc(=O)[nH]c(C)c1CCC(=O)N1CC[C@@]23OCCCN2C(=O)C[C@@H]13.O=CO. The van der Waals surface area contributed by atoms with Crippen molar-refractivity contribution in [3.8, 4) is 0 Å². The highest BCUT2D eigenvalue weighted by molar-refractivity contribution is 5.84. The zero-order chi connectivity index (χ0) is 21.2. The maximum absolute atomic E-state index is 12.9. The zero-order valence-electron chi connectivity index (χ0n) is 16.6. The zero-order valence-corrected chi connectivity index (χ0v) is 16.6. The predicted octanol–water partition coefficient (Wildman–Crippen LogP) is -0.0301. The molecule has 2 atom stereocenters. The van der Waals surface area contributed by atoms with Crippen molar-refractivity contribution in [2.45, 2.75) is 57.7 Å². The average molecular weight is 406 g/mol. The Kier molecular flexibility index (Phi) is 6.02. The molecule has 1 spiro atoms. The second kappa shape index (κ2) is 8.32. The molecule has 10 heteroatoms. The molecule has 1 aromatic rings. The summed E-state index contributed by atoms with van der Waals surface area (Å²) in [5.74, 6) is 0.115. The monoisotopic (exact) mass is 406 g/mol. The van der Waals surface area contributed by atoms with Gasteiger partial charge in [-0.15, -0.1) is 0 Å². The first-order chi connectivity index (χ1) is 13.8. The van der Waals surface area contributed by atoms with Crippen LogP contribution in [0, 0.1) is 13.8 Å².